The Bertz CT molecular complexity index is 1120. The maximum absolute atomic E-state index is 12.4. The molecule has 3 aromatic rings. The number of anilines is 1. The maximum Gasteiger partial charge on any atom is 0.414 e. The molecule has 1 atom stereocenters. The molecule has 2 aliphatic rings. The number of cyclic esters (lactones) is 1. The first-order valence-electron chi connectivity index (χ1n) is 10.5. The number of hydrogen-bond donors (Lipinski definition) is 2. The maximum atomic E-state index is 12.4. The topological polar surface area (TPSA) is 87.3 Å². The molecule has 1 fully saturated rings. The van der Waals surface area contributed by atoms with Crippen molar-refractivity contribution in [1.29, 1.82) is 0 Å². The number of nitrogens with zero attached hydrogens (tertiary/aromatic N) is 2. The van der Waals surface area contributed by atoms with Crippen molar-refractivity contribution >= 4 is 29.0 Å². The first kappa shape index (κ1) is 19.8. The fraction of sp³-hybridized carbons (Fsp3) is 0.348. The quantitative estimate of drug-likeness (QED) is 0.639. The summed E-state index contributed by atoms with van der Waals surface area (Å²) in [6.07, 6.45) is 3.13. The molecule has 0 radical (unpaired) electrons. The van der Waals surface area contributed by atoms with Gasteiger partial charge in [-0.25, -0.2) is 4.79 Å². The van der Waals surface area contributed by atoms with Gasteiger partial charge in [0.25, 0.3) is 0 Å². The zero-order chi connectivity index (χ0) is 21.4. The van der Waals surface area contributed by atoms with Gasteiger partial charge >= 0.3 is 6.09 Å². The summed E-state index contributed by atoms with van der Waals surface area (Å²) in [5, 5.41) is 12.8. The molecule has 1 aromatic carbocycles. The van der Waals surface area contributed by atoms with Crippen LogP contribution in [0.2, 0.25) is 0 Å². The van der Waals surface area contributed by atoms with E-state index in [4.69, 9.17) is 4.74 Å². The molecule has 2 aromatic heterocycles. The fourth-order valence-electron chi connectivity index (χ4n) is 4.36. The number of hydrogen-bond acceptors (Lipinski definition) is 5. The third kappa shape index (κ3) is 3.95. The highest BCUT2D eigenvalue weighted by Gasteiger charge is 2.33. The summed E-state index contributed by atoms with van der Waals surface area (Å²) in [4.78, 5) is 26.5. The van der Waals surface area contributed by atoms with Gasteiger partial charge in [0.15, 0.2) is 0 Å². The lowest BCUT2D eigenvalue weighted by molar-refractivity contribution is -0.119. The summed E-state index contributed by atoms with van der Waals surface area (Å²) >= 11 is 1.76. The Labute approximate surface area is 184 Å². The van der Waals surface area contributed by atoms with Crippen molar-refractivity contribution in [3.63, 3.8) is 0 Å². The Hall–Kier alpha value is -3.13. The minimum Gasteiger partial charge on any atom is -0.442 e. The number of aromatic nitrogens is 2. The number of amides is 2. The molecule has 8 heteroatoms. The van der Waals surface area contributed by atoms with Crippen molar-refractivity contribution in [2.75, 3.05) is 18.0 Å². The predicted octanol–water partition coefficient (Wildman–Crippen LogP) is 3.68. The standard InChI is InChI=1S/C23H24N4O3S/c1-14(28)24-12-17-13-27(23(29)30-17)16-7-8-19-15(10-16)4-2-6-20-21(25-26-22(19)20)11-18-5-3-9-31-18/h3,5,7-10,17H,2,4,6,11-13H2,1H3,(H,24,28)(H,25,26)/t17-/m0/s1. The second-order valence-corrected chi connectivity index (χ2v) is 9.07. The monoisotopic (exact) mass is 436 g/mol. The van der Waals surface area contributed by atoms with E-state index in [0.717, 1.165) is 42.6 Å². The summed E-state index contributed by atoms with van der Waals surface area (Å²) in [6.45, 7) is 2.21. The largest absolute Gasteiger partial charge is 0.442 e. The van der Waals surface area contributed by atoms with E-state index < -0.39 is 0 Å². The molecule has 5 rings (SSSR count). The first-order chi connectivity index (χ1) is 15.1. The lowest BCUT2D eigenvalue weighted by Crippen LogP contribution is -2.33. The molecule has 2 amide bonds. The minimum atomic E-state index is -0.373. The zero-order valence-electron chi connectivity index (χ0n) is 17.3. The Morgan fingerprint density at radius 1 is 1.35 bits per heavy atom. The molecule has 0 spiro atoms. The predicted molar refractivity (Wildman–Crippen MR) is 119 cm³/mol. The second-order valence-electron chi connectivity index (χ2n) is 8.03. The van der Waals surface area contributed by atoms with Gasteiger partial charge in [0, 0.05) is 40.7 Å². The molecule has 7 nitrogen and oxygen atoms in total. The van der Waals surface area contributed by atoms with Crippen LogP contribution in [0.15, 0.2) is 35.7 Å². The average molecular weight is 437 g/mol. The highest BCUT2D eigenvalue weighted by molar-refractivity contribution is 7.09. The van der Waals surface area contributed by atoms with Gasteiger partial charge in [-0.05, 0) is 48.4 Å². The van der Waals surface area contributed by atoms with Crippen LogP contribution >= 0.6 is 11.3 Å². The number of carbonyl (C=O) groups is 2. The summed E-state index contributed by atoms with van der Waals surface area (Å²) in [6, 6.07) is 10.3. The molecule has 3 heterocycles. The molecule has 0 unspecified atom stereocenters. The van der Waals surface area contributed by atoms with E-state index in [1.807, 2.05) is 6.07 Å². The molecule has 1 aliphatic carbocycles. The van der Waals surface area contributed by atoms with E-state index in [0.29, 0.717) is 13.1 Å². The van der Waals surface area contributed by atoms with E-state index in [1.165, 1.54) is 28.6 Å². The lowest BCUT2D eigenvalue weighted by Gasteiger charge is -2.16. The summed E-state index contributed by atoms with van der Waals surface area (Å²) in [5.74, 6) is -0.132. The smallest absolute Gasteiger partial charge is 0.414 e. The molecule has 31 heavy (non-hydrogen) atoms. The number of aromatic amines is 1. The molecule has 0 bridgehead atoms. The van der Waals surface area contributed by atoms with Crippen LogP contribution in [0.1, 0.15) is 35.0 Å². The van der Waals surface area contributed by atoms with E-state index in [1.54, 1.807) is 16.2 Å². The van der Waals surface area contributed by atoms with Crippen LogP contribution in [0.5, 0.6) is 0 Å². The minimum absolute atomic E-state index is 0.132. The van der Waals surface area contributed by atoms with E-state index >= 15 is 0 Å². The van der Waals surface area contributed by atoms with E-state index in [9.17, 15) is 9.59 Å². The summed E-state index contributed by atoms with van der Waals surface area (Å²) in [7, 11) is 0. The Kier molecular flexibility index (Phi) is 5.23. The summed E-state index contributed by atoms with van der Waals surface area (Å²) < 4.78 is 5.41. The van der Waals surface area contributed by atoms with E-state index in [2.05, 4.69) is 45.2 Å². The number of ether oxygens (including phenoxy) is 1. The third-order valence-electron chi connectivity index (χ3n) is 5.87. The Morgan fingerprint density at radius 2 is 2.26 bits per heavy atom. The van der Waals surface area contributed by atoms with Crippen LogP contribution in [0.4, 0.5) is 10.5 Å². The van der Waals surface area contributed by atoms with Gasteiger partial charge in [-0.1, -0.05) is 12.1 Å². The van der Waals surface area contributed by atoms with Gasteiger partial charge in [0.2, 0.25) is 5.91 Å². The van der Waals surface area contributed by atoms with Gasteiger partial charge in [-0.2, -0.15) is 5.10 Å². The molecular formula is C23H24N4O3S. The van der Waals surface area contributed by atoms with Crippen molar-refractivity contribution in [2.24, 2.45) is 0 Å². The van der Waals surface area contributed by atoms with Crippen molar-refractivity contribution in [1.82, 2.24) is 15.5 Å². The first-order valence-corrected chi connectivity index (χ1v) is 11.4. The van der Waals surface area contributed by atoms with Crippen LogP contribution in [-0.4, -0.2) is 41.4 Å². The van der Waals surface area contributed by atoms with Gasteiger partial charge < -0.3 is 10.1 Å². The molecule has 160 valence electrons. The highest BCUT2D eigenvalue weighted by Crippen LogP contribution is 2.36. The normalized spacial score (nSPS) is 17.6. The zero-order valence-corrected chi connectivity index (χ0v) is 18.1. The Balaban J connectivity index is 1.39. The van der Waals surface area contributed by atoms with Crippen molar-refractivity contribution in [2.45, 2.75) is 38.7 Å². The van der Waals surface area contributed by atoms with Crippen LogP contribution in [-0.2, 0) is 28.8 Å². The van der Waals surface area contributed by atoms with Crippen LogP contribution in [0, 0.1) is 0 Å². The molecule has 2 N–H and O–H groups in total. The molecule has 1 saturated heterocycles. The van der Waals surface area contributed by atoms with Crippen LogP contribution < -0.4 is 10.2 Å². The second kappa shape index (κ2) is 8.19. The number of thiophene rings is 1. The van der Waals surface area contributed by atoms with Crippen LogP contribution in [0.25, 0.3) is 11.3 Å². The van der Waals surface area contributed by atoms with E-state index in [-0.39, 0.29) is 18.1 Å². The van der Waals surface area contributed by atoms with Crippen molar-refractivity contribution < 1.29 is 14.3 Å². The number of benzene rings is 1. The number of fused-ring (bicyclic) bond motifs is 3. The van der Waals surface area contributed by atoms with Crippen LogP contribution in [0.3, 0.4) is 0 Å². The van der Waals surface area contributed by atoms with Gasteiger partial charge in [0.1, 0.15) is 6.10 Å². The number of H-pyrrole nitrogens is 1. The molecule has 1 aliphatic heterocycles. The summed E-state index contributed by atoms with van der Waals surface area (Å²) in [5.41, 5.74) is 6.68. The van der Waals surface area contributed by atoms with Crippen molar-refractivity contribution in [3.05, 3.63) is 57.4 Å². The third-order valence-corrected chi connectivity index (χ3v) is 6.74. The fourth-order valence-corrected chi connectivity index (χ4v) is 5.08. The Morgan fingerprint density at radius 3 is 3.06 bits per heavy atom. The number of nitrogens with one attached hydrogen (secondary N) is 2. The lowest BCUT2D eigenvalue weighted by atomic mass is 10.00. The number of carbonyl (C=O) groups excluding carboxylic acids is 2. The SMILES string of the molecule is CC(=O)NC[C@H]1CN(c2ccc3c(c2)CCCc2c-3n[nH]c2Cc2cccs2)C(=O)O1. The number of aryl methyl sites for hydroxylation is 1. The molecule has 0 saturated carbocycles. The number of rotatable bonds is 5. The molecular weight excluding hydrogens is 412 g/mol. The van der Waals surface area contributed by atoms with Gasteiger partial charge in [0.05, 0.1) is 18.8 Å². The van der Waals surface area contributed by atoms with Crippen molar-refractivity contribution in [3.8, 4) is 11.3 Å². The average Bonchev–Trinajstić information content (AvgIpc) is 3.46. The van der Waals surface area contributed by atoms with Gasteiger partial charge in [-0.15, -0.1) is 11.3 Å². The highest BCUT2D eigenvalue weighted by atomic mass is 32.1. The van der Waals surface area contributed by atoms with Gasteiger partial charge in [-0.3, -0.25) is 14.8 Å².